The molecule has 212 valence electrons. The van der Waals surface area contributed by atoms with E-state index in [2.05, 4.69) is 67.6 Å². The Kier molecular flexibility index (Phi) is 7.55. The summed E-state index contributed by atoms with van der Waals surface area (Å²) in [5.41, 5.74) is 6.50. The van der Waals surface area contributed by atoms with Crippen LogP contribution in [0.2, 0.25) is 0 Å². The minimum absolute atomic E-state index is 0.00697. The van der Waals surface area contributed by atoms with E-state index < -0.39 is 0 Å². The third kappa shape index (κ3) is 5.23. The molecule has 2 aliphatic carbocycles. The summed E-state index contributed by atoms with van der Waals surface area (Å²) in [4.78, 5) is 0. The Morgan fingerprint density at radius 1 is 0.463 bits per heavy atom. The molecule has 6 rings (SSSR count). The van der Waals surface area contributed by atoms with Crippen molar-refractivity contribution in [1.82, 2.24) is 0 Å². The fourth-order valence-corrected chi connectivity index (χ4v) is 8.10. The van der Waals surface area contributed by atoms with Gasteiger partial charge in [-0.05, 0) is 134 Å². The summed E-state index contributed by atoms with van der Waals surface area (Å²) in [5, 5.41) is 29.9. The largest absolute Gasteiger partial charge is 0.508 e. The number of phenols is 3. The minimum atomic E-state index is -0.0939. The van der Waals surface area contributed by atoms with Gasteiger partial charge in [0.25, 0.3) is 0 Å². The molecule has 0 atom stereocenters. The molecule has 0 radical (unpaired) electrons. The molecule has 2 saturated carbocycles. The molecule has 0 aromatic heterocycles. The lowest BCUT2D eigenvalue weighted by Crippen LogP contribution is -2.38. The van der Waals surface area contributed by atoms with Gasteiger partial charge in [0.2, 0.25) is 0 Å². The maximum absolute atomic E-state index is 10.00. The number of hydrogen-bond acceptors (Lipinski definition) is 3. The normalized spacial score (nSPS) is 22.8. The first-order chi connectivity index (χ1) is 19.9. The molecular weight excluding hydrogens is 504 g/mol. The van der Waals surface area contributed by atoms with Crippen molar-refractivity contribution in [1.29, 1.82) is 0 Å². The van der Waals surface area contributed by atoms with Gasteiger partial charge in [0.15, 0.2) is 0 Å². The van der Waals surface area contributed by atoms with Crippen molar-refractivity contribution in [2.45, 2.75) is 75.5 Å². The lowest BCUT2D eigenvalue weighted by molar-refractivity contribution is 0.140. The average molecular weight is 547 g/mol. The van der Waals surface area contributed by atoms with E-state index in [9.17, 15) is 15.3 Å². The maximum Gasteiger partial charge on any atom is 0.115 e. The van der Waals surface area contributed by atoms with E-state index in [4.69, 9.17) is 0 Å². The minimum Gasteiger partial charge on any atom is -0.508 e. The first-order valence-corrected chi connectivity index (χ1v) is 15.4. The Morgan fingerprint density at radius 3 is 1.00 bits per heavy atom. The fourth-order valence-electron chi connectivity index (χ4n) is 8.10. The summed E-state index contributed by atoms with van der Waals surface area (Å²) in [6.07, 6.45) is 10.3. The molecule has 3 heteroatoms. The van der Waals surface area contributed by atoms with Crippen LogP contribution in [0, 0.1) is 11.8 Å². The second-order valence-corrected chi connectivity index (χ2v) is 12.5. The van der Waals surface area contributed by atoms with E-state index in [0.717, 1.165) is 32.1 Å². The van der Waals surface area contributed by atoms with Gasteiger partial charge >= 0.3 is 0 Å². The first kappa shape index (κ1) is 27.4. The number of benzene rings is 4. The number of phenolic OH excluding ortho intramolecular Hbond substituents is 3. The second-order valence-electron chi connectivity index (χ2n) is 12.5. The standard InChI is InChI=1S/C38H42O3/c1-2-27-3-5-30(6-4-27)37(31-7-13-34(39)14-8-31)23-19-28(20-24-37)29-21-25-38(26-22-29,32-9-15-35(40)16-10-32)33-11-17-36(41)18-12-33/h3-18,28-29,39-41H,2,19-26H2,1H3. The predicted octanol–water partition coefficient (Wildman–Crippen LogP) is 9.02. The fraction of sp³-hybridized carbons (Fsp3) is 0.368. The molecule has 0 heterocycles. The quantitative estimate of drug-likeness (QED) is 0.226. The summed E-state index contributed by atoms with van der Waals surface area (Å²) < 4.78 is 0. The predicted molar refractivity (Wildman–Crippen MR) is 166 cm³/mol. The lowest BCUT2D eigenvalue weighted by Gasteiger charge is -2.47. The van der Waals surface area contributed by atoms with Crippen LogP contribution in [0.5, 0.6) is 17.2 Å². The molecule has 3 N–H and O–H groups in total. The van der Waals surface area contributed by atoms with Gasteiger partial charge in [0.05, 0.1) is 0 Å². The van der Waals surface area contributed by atoms with Gasteiger partial charge < -0.3 is 15.3 Å². The smallest absolute Gasteiger partial charge is 0.115 e. The first-order valence-electron chi connectivity index (χ1n) is 15.4. The monoisotopic (exact) mass is 546 g/mol. The molecule has 0 unspecified atom stereocenters. The molecule has 0 amide bonds. The summed E-state index contributed by atoms with van der Waals surface area (Å²) >= 11 is 0. The van der Waals surface area contributed by atoms with E-state index in [-0.39, 0.29) is 10.8 Å². The van der Waals surface area contributed by atoms with Gasteiger partial charge in [-0.25, -0.2) is 0 Å². The summed E-state index contributed by atoms with van der Waals surface area (Å²) in [6, 6.07) is 32.8. The number of rotatable bonds is 6. The van der Waals surface area contributed by atoms with E-state index in [1.54, 1.807) is 24.3 Å². The third-order valence-electron chi connectivity index (χ3n) is 10.6. The van der Waals surface area contributed by atoms with Gasteiger partial charge in [-0.3, -0.25) is 0 Å². The molecule has 4 aromatic carbocycles. The molecule has 0 saturated heterocycles. The Balaban J connectivity index is 1.22. The van der Waals surface area contributed by atoms with Crippen LogP contribution in [0.25, 0.3) is 0 Å². The van der Waals surface area contributed by atoms with Gasteiger partial charge in [-0.15, -0.1) is 0 Å². The van der Waals surface area contributed by atoms with Crippen LogP contribution in [-0.4, -0.2) is 15.3 Å². The van der Waals surface area contributed by atoms with Crippen molar-refractivity contribution in [2.24, 2.45) is 11.8 Å². The molecular formula is C38H42O3. The second kappa shape index (κ2) is 11.3. The van der Waals surface area contributed by atoms with Gasteiger partial charge in [-0.2, -0.15) is 0 Å². The summed E-state index contributed by atoms with van der Waals surface area (Å²) in [6.45, 7) is 2.21. The maximum atomic E-state index is 10.00. The highest BCUT2D eigenvalue weighted by Crippen LogP contribution is 2.53. The van der Waals surface area contributed by atoms with Gasteiger partial charge in [0, 0.05) is 10.8 Å². The molecule has 41 heavy (non-hydrogen) atoms. The topological polar surface area (TPSA) is 60.7 Å². The molecule has 2 fully saturated rings. The Morgan fingerprint density at radius 2 is 0.732 bits per heavy atom. The Labute approximate surface area is 244 Å². The number of aryl methyl sites for hydroxylation is 1. The zero-order valence-corrected chi connectivity index (χ0v) is 24.1. The van der Waals surface area contributed by atoms with Crippen molar-refractivity contribution in [3.05, 3.63) is 125 Å². The van der Waals surface area contributed by atoms with Crippen LogP contribution < -0.4 is 0 Å². The van der Waals surface area contributed by atoms with Gasteiger partial charge in [0.1, 0.15) is 17.2 Å². The van der Waals surface area contributed by atoms with Crippen molar-refractivity contribution in [3.8, 4) is 17.2 Å². The van der Waals surface area contributed by atoms with Crippen molar-refractivity contribution >= 4 is 0 Å². The molecule has 4 aromatic rings. The number of aromatic hydroxyl groups is 3. The Hall–Kier alpha value is -3.72. The van der Waals surface area contributed by atoms with Crippen LogP contribution in [0.3, 0.4) is 0 Å². The van der Waals surface area contributed by atoms with Crippen LogP contribution in [-0.2, 0) is 17.3 Å². The van der Waals surface area contributed by atoms with E-state index >= 15 is 0 Å². The SMILES string of the molecule is CCc1ccc(C2(c3ccc(O)cc3)CCC(C3CCC(c4ccc(O)cc4)(c4ccc(O)cc4)CC3)CC2)cc1. The Bertz CT molecular complexity index is 1370. The summed E-state index contributed by atoms with van der Waals surface area (Å²) in [5.74, 6) is 2.34. The highest BCUT2D eigenvalue weighted by atomic mass is 16.3. The van der Waals surface area contributed by atoms with Crippen molar-refractivity contribution in [2.75, 3.05) is 0 Å². The molecule has 0 spiro atoms. The van der Waals surface area contributed by atoms with Crippen LogP contribution >= 0.6 is 0 Å². The van der Waals surface area contributed by atoms with Crippen molar-refractivity contribution < 1.29 is 15.3 Å². The third-order valence-corrected chi connectivity index (χ3v) is 10.6. The highest BCUT2D eigenvalue weighted by molar-refractivity contribution is 5.45. The number of hydrogen-bond donors (Lipinski definition) is 3. The van der Waals surface area contributed by atoms with Crippen molar-refractivity contribution in [3.63, 3.8) is 0 Å². The zero-order valence-electron chi connectivity index (χ0n) is 24.1. The van der Waals surface area contributed by atoms with Crippen LogP contribution in [0.4, 0.5) is 0 Å². The molecule has 0 bridgehead atoms. The lowest BCUT2D eigenvalue weighted by atomic mass is 9.57. The highest BCUT2D eigenvalue weighted by Gasteiger charge is 2.44. The van der Waals surface area contributed by atoms with E-state index in [0.29, 0.717) is 29.1 Å². The average Bonchev–Trinajstić information content (AvgIpc) is 3.02. The van der Waals surface area contributed by atoms with Crippen LogP contribution in [0.15, 0.2) is 97.1 Å². The van der Waals surface area contributed by atoms with E-state index in [1.807, 2.05) is 12.1 Å². The zero-order chi connectivity index (χ0) is 28.5. The molecule has 3 nitrogen and oxygen atoms in total. The molecule has 0 aliphatic heterocycles. The van der Waals surface area contributed by atoms with E-state index in [1.165, 1.54) is 53.5 Å². The molecule has 2 aliphatic rings. The van der Waals surface area contributed by atoms with Gasteiger partial charge in [-0.1, -0.05) is 67.6 Å². The van der Waals surface area contributed by atoms with Crippen LogP contribution in [0.1, 0.15) is 86.1 Å². The summed E-state index contributed by atoms with van der Waals surface area (Å²) in [7, 11) is 0.